The molecule has 5 rings (SSSR count). The van der Waals surface area contributed by atoms with E-state index in [4.69, 9.17) is 19.4 Å². The zero-order chi connectivity index (χ0) is 20.7. The molecular formula is C23H30N4O2S. The van der Waals surface area contributed by atoms with Crippen molar-refractivity contribution in [1.29, 1.82) is 0 Å². The molecule has 1 saturated heterocycles. The van der Waals surface area contributed by atoms with Crippen molar-refractivity contribution in [3.8, 4) is 0 Å². The fourth-order valence-electron chi connectivity index (χ4n) is 4.57. The number of hydrogen-bond acceptors (Lipinski definition) is 7. The number of anilines is 1. The number of aryl methyl sites for hydroxylation is 1. The Hall–Kier alpha value is -1.83. The summed E-state index contributed by atoms with van der Waals surface area (Å²) in [7, 11) is 0. The van der Waals surface area contributed by atoms with Crippen molar-refractivity contribution in [1.82, 2.24) is 15.0 Å². The third-order valence-corrected chi connectivity index (χ3v) is 7.28. The lowest BCUT2D eigenvalue weighted by atomic mass is 9.88. The van der Waals surface area contributed by atoms with E-state index in [0.29, 0.717) is 6.61 Å². The quantitative estimate of drug-likeness (QED) is 0.597. The summed E-state index contributed by atoms with van der Waals surface area (Å²) >= 11 is 1.71. The second-order valence-corrected chi connectivity index (χ2v) is 10.0. The van der Waals surface area contributed by atoms with Crippen molar-refractivity contribution in [2.24, 2.45) is 0 Å². The van der Waals surface area contributed by atoms with Crippen molar-refractivity contribution < 1.29 is 9.47 Å². The molecule has 160 valence electrons. The van der Waals surface area contributed by atoms with Gasteiger partial charge in [0.1, 0.15) is 17.0 Å². The standard InChI is InChI=1S/C23H30N4O2S/c1-4-5-8-17-16-12-29-23(2,3)10-15(16)18-19-20(30-22(18)27-17)21(26-13-25-19)24-11-14-7-6-9-28-14/h13-14H,4-12H2,1-3H3,(H,24,25,26). The van der Waals surface area contributed by atoms with E-state index in [-0.39, 0.29) is 11.7 Å². The molecule has 6 nitrogen and oxygen atoms in total. The summed E-state index contributed by atoms with van der Waals surface area (Å²) in [5.41, 5.74) is 4.69. The van der Waals surface area contributed by atoms with E-state index < -0.39 is 0 Å². The largest absolute Gasteiger partial charge is 0.376 e. The predicted molar refractivity (Wildman–Crippen MR) is 121 cm³/mol. The van der Waals surface area contributed by atoms with Crippen molar-refractivity contribution in [3.63, 3.8) is 0 Å². The van der Waals surface area contributed by atoms with E-state index in [9.17, 15) is 0 Å². The predicted octanol–water partition coefficient (Wildman–Crippen LogP) is 5.02. The van der Waals surface area contributed by atoms with Crippen LogP contribution in [0.2, 0.25) is 0 Å². The third-order valence-electron chi connectivity index (χ3n) is 6.20. The third kappa shape index (κ3) is 3.67. The van der Waals surface area contributed by atoms with E-state index in [0.717, 1.165) is 72.5 Å². The number of thiophene rings is 1. The van der Waals surface area contributed by atoms with Crippen molar-refractivity contribution in [3.05, 3.63) is 23.1 Å². The van der Waals surface area contributed by atoms with Crippen LogP contribution in [0.1, 0.15) is 63.3 Å². The number of nitrogens with one attached hydrogen (secondary N) is 1. The smallest absolute Gasteiger partial charge is 0.147 e. The Morgan fingerprint density at radius 2 is 2.17 bits per heavy atom. The summed E-state index contributed by atoms with van der Waals surface area (Å²) in [6, 6.07) is 0. The number of unbranched alkanes of at least 4 members (excludes halogenated alkanes) is 1. The first-order valence-corrected chi connectivity index (χ1v) is 11.9. The second kappa shape index (κ2) is 8.02. The Bertz CT molecular complexity index is 1070. The lowest BCUT2D eigenvalue weighted by Crippen LogP contribution is -2.32. The van der Waals surface area contributed by atoms with Gasteiger partial charge in [-0.3, -0.25) is 0 Å². The summed E-state index contributed by atoms with van der Waals surface area (Å²) in [6.45, 7) is 8.86. The van der Waals surface area contributed by atoms with Gasteiger partial charge in [0.25, 0.3) is 0 Å². The summed E-state index contributed by atoms with van der Waals surface area (Å²) in [5.74, 6) is 0.897. The van der Waals surface area contributed by atoms with Gasteiger partial charge in [0.05, 0.1) is 28.5 Å². The van der Waals surface area contributed by atoms with Gasteiger partial charge in [0, 0.05) is 36.2 Å². The second-order valence-electron chi connectivity index (χ2n) is 9.04. The molecule has 0 radical (unpaired) electrons. The van der Waals surface area contributed by atoms with Crippen molar-refractivity contribution in [2.45, 2.75) is 77.6 Å². The van der Waals surface area contributed by atoms with E-state index in [2.05, 4.69) is 31.1 Å². The number of ether oxygens (including phenoxy) is 2. The topological polar surface area (TPSA) is 69.2 Å². The summed E-state index contributed by atoms with van der Waals surface area (Å²) in [4.78, 5) is 15.4. The zero-order valence-electron chi connectivity index (χ0n) is 18.1. The Labute approximate surface area is 181 Å². The first-order chi connectivity index (χ1) is 14.6. The first-order valence-electron chi connectivity index (χ1n) is 11.1. The van der Waals surface area contributed by atoms with Gasteiger partial charge in [-0.2, -0.15) is 0 Å². The van der Waals surface area contributed by atoms with Gasteiger partial charge >= 0.3 is 0 Å². The van der Waals surface area contributed by atoms with Crippen molar-refractivity contribution in [2.75, 3.05) is 18.5 Å². The Morgan fingerprint density at radius 1 is 1.27 bits per heavy atom. The van der Waals surface area contributed by atoms with Gasteiger partial charge in [-0.05, 0) is 45.1 Å². The van der Waals surface area contributed by atoms with E-state index in [1.807, 2.05) is 0 Å². The molecule has 2 aliphatic heterocycles. The lowest BCUT2D eigenvalue weighted by molar-refractivity contribution is -0.0401. The average Bonchev–Trinajstić information content (AvgIpc) is 3.37. The molecule has 0 aliphatic carbocycles. The Balaban J connectivity index is 1.62. The van der Waals surface area contributed by atoms with Gasteiger partial charge < -0.3 is 14.8 Å². The highest BCUT2D eigenvalue weighted by molar-refractivity contribution is 7.26. The molecule has 0 saturated carbocycles. The van der Waals surface area contributed by atoms with Crippen LogP contribution in [-0.4, -0.2) is 39.8 Å². The molecular weight excluding hydrogens is 396 g/mol. The van der Waals surface area contributed by atoms with E-state index in [1.54, 1.807) is 17.7 Å². The molecule has 3 aromatic rings. The minimum absolute atomic E-state index is 0.175. The van der Waals surface area contributed by atoms with Gasteiger partial charge in [-0.1, -0.05) is 13.3 Å². The molecule has 0 aromatic carbocycles. The fourth-order valence-corrected chi connectivity index (χ4v) is 5.71. The fraction of sp³-hybridized carbons (Fsp3) is 0.609. The Kier molecular flexibility index (Phi) is 5.37. The maximum atomic E-state index is 6.17. The van der Waals surface area contributed by atoms with Crippen LogP contribution in [-0.2, 0) is 28.9 Å². The van der Waals surface area contributed by atoms with Crippen LogP contribution in [0, 0.1) is 0 Å². The molecule has 0 bridgehead atoms. The van der Waals surface area contributed by atoms with Gasteiger partial charge in [-0.15, -0.1) is 11.3 Å². The van der Waals surface area contributed by atoms with Gasteiger partial charge in [0.15, 0.2) is 0 Å². The number of nitrogens with zero attached hydrogens (tertiary/aromatic N) is 3. The normalized spacial score (nSPS) is 20.7. The molecule has 0 spiro atoms. The monoisotopic (exact) mass is 426 g/mol. The molecule has 2 aliphatic rings. The number of fused-ring (bicyclic) bond motifs is 5. The zero-order valence-corrected chi connectivity index (χ0v) is 18.9. The first kappa shape index (κ1) is 20.1. The minimum atomic E-state index is -0.175. The van der Waals surface area contributed by atoms with Gasteiger partial charge in [0.2, 0.25) is 0 Å². The van der Waals surface area contributed by atoms with Crippen LogP contribution in [0.15, 0.2) is 6.33 Å². The summed E-state index contributed by atoms with van der Waals surface area (Å²) in [5, 5.41) is 4.72. The highest BCUT2D eigenvalue weighted by Crippen LogP contribution is 2.42. The molecule has 3 aromatic heterocycles. The Morgan fingerprint density at radius 3 is 2.97 bits per heavy atom. The number of rotatable bonds is 6. The molecule has 1 fully saturated rings. The number of pyridine rings is 1. The van der Waals surface area contributed by atoms with Crippen LogP contribution in [0.25, 0.3) is 20.4 Å². The van der Waals surface area contributed by atoms with Crippen LogP contribution in [0.5, 0.6) is 0 Å². The molecule has 7 heteroatoms. The molecule has 1 unspecified atom stereocenters. The van der Waals surface area contributed by atoms with Crippen LogP contribution in [0.4, 0.5) is 5.82 Å². The maximum Gasteiger partial charge on any atom is 0.147 e. The van der Waals surface area contributed by atoms with E-state index >= 15 is 0 Å². The molecule has 30 heavy (non-hydrogen) atoms. The minimum Gasteiger partial charge on any atom is -0.376 e. The highest BCUT2D eigenvalue weighted by Gasteiger charge is 2.31. The van der Waals surface area contributed by atoms with Gasteiger partial charge in [-0.25, -0.2) is 15.0 Å². The van der Waals surface area contributed by atoms with E-state index in [1.165, 1.54) is 22.2 Å². The van der Waals surface area contributed by atoms with Crippen molar-refractivity contribution >= 4 is 37.6 Å². The maximum absolute atomic E-state index is 6.17. The highest BCUT2D eigenvalue weighted by atomic mass is 32.1. The molecule has 5 heterocycles. The average molecular weight is 427 g/mol. The molecule has 0 amide bonds. The SMILES string of the molecule is CCCCc1nc2sc3c(NCC4CCCO4)ncnc3c2c2c1COC(C)(C)C2. The molecule has 1 N–H and O–H groups in total. The summed E-state index contributed by atoms with van der Waals surface area (Å²) in [6.07, 6.45) is 8.39. The lowest BCUT2D eigenvalue weighted by Gasteiger charge is -2.33. The van der Waals surface area contributed by atoms with Crippen LogP contribution in [0.3, 0.4) is 0 Å². The molecule has 1 atom stereocenters. The number of aromatic nitrogens is 3. The number of hydrogen-bond donors (Lipinski definition) is 1. The van der Waals surface area contributed by atoms with Crippen LogP contribution >= 0.6 is 11.3 Å². The summed E-state index contributed by atoms with van der Waals surface area (Å²) < 4.78 is 13.0. The van der Waals surface area contributed by atoms with Crippen LogP contribution < -0.4 is 5.32 Å².